The normalized spacial score (nSPS) is 12.0. The maximum Gasteiger partial charge on any atom is 0.305 e. The molecule has 0 saturated heterocycles. The summed E-state index contributed by atoms with van der Waals surface area (Å²) in [5, 5.41) is 14.9. The molecule has 0 fully saturated rings. The Labute approximate surface area is 116 Å². The van der Waals surface area contributed by atoms with Gasteiger partial charge in [-0.05, 0) is 33.3 Å². The predicted molar refractivity (Wildman–Crippen MR) is 72.8 cm³/mol. The van der Waals surface area contributed by atoms with E-state index >= 15 is 0 Å². The second-order valence-corrected chi connectivity index (χ2v) is 4.68. The van der Waals surface area contributed by atoms with Crippen molar-refractivity contribution in [3.8, 4) is 0 Å². The Morgan fingerprint density at radius 1 is 1.40 bits per heavy atom. The molecule has 0 radical (unpaired) electrons. The van der Waals surface area contributed by atoms with Crippen LogP contribution in [0.4, 0.5) is 0 Å². The molecule has 7 heteroatoms. The highest BCUT2D eigenvalue weighted by atomic mass is 16.4. The number of nitrogens with zero attached hydrogens (tertiary/aromatic N) is 2. The molecule has 0 aliphatic rings. The minimum Gasteiger partial charge on any atom is -0.481 e. The number of aryl methyl sites for hydroxylation is 1. The van der Waals surface area contributed by atoms with Crippen LogP contribution in [-0.2, 0) is 4.79 Å². The zero-order valence-electron chi connectivity index (χ0n) is 12.1. The van der Waals surface area contributed by atoms with E-state index in [9.17, 15) is 14.4 Å². The van der Waals surface area contributed by atoms with Gasteiger partial charge in [0.25, 0.3) is 11.5 Å². The topological polar surface area (TPSA) is 103 Å². The van der Waals surface area contributed by atoms with Gasteiger partial charge in [0, 0.05) is 12.6 Å². The average Bonchev–Trinajstić information content (AvgIpc) is 2.34. The third kappa shape index (κ3) is 3.23. The average molecular weight is 281 g/mol. The molecule has 1 heterocycles. The van der Waals surface area contributed by atoms with Crippen LogP contribution in [0.15, 0.2) is 4.79 Å². The smallest absolute Gasteiger partial charge is 0.305 e. The van der Waals surface area contributed by atoms with Gasteiger partial charge in [0.05, 0.1) is 12.1 Å². The van der Waals surface area contributed by atoms with Gasteiger partial charge >= 0.3 is 5.97 Å². The van der Waals surface area contributed by atoms with E-state index in [4.69, 9.17) is 5.11 Å². The summed E-state index contributed by atoms with van der Waals surface area (Å²) < 4.78 is 0. The van der Waals surface area contributed by atoms with Gasteiger partial charge in [-0.25, -0.2) is 5.10 Å². The van der Waals surface area contributed by atoms with E-state index in [0.717, 1.165) is 0 Å². The maximum absolute atomic E-state index is 12.5. The maximum atomic E-state index is 12.5. The summed E-state index contributed by atoms with van der Waals surface area (Å²) in [6, 6.07) is -0.489. The molecule has 110 valence electrons. The van der Waals surface area contributed by atoms with Crippen LogP contribution in [0.5, 0.6) is 0 Å². The number of carboxylic acids is 1. The zero-order chi connectivity index (χ0) is 15.4. The number of carbonyl (C=O) groups is 2. The van der Waals surface area contributed by atoms with Crippen molar-refractivity contribution in [2.75, 3.05) is 6.54 Å². The van der Waals surface area contributed by atoms with E-state index in [2.05, 4.69) is 10.2 Å². The molecule has 0 aliphatic carbocycles. The van der Waals surface area contributed by atoms with E-state index < -0.39 is 23.5 Å². The van der Waals surface area contributed by atoms with Crippen molar-refractivity contribution >= 4 is 11.9 Å². The number of nitrogens with one attached hydrogen (secondary N) is 1. The van der Waals surface area contributed by atoms with E-state index in [1.807, 2.05) is 0 Å². The summed E-state index contributed by atoms with van der Waals surface area (Å²) in [7, 11) is 0. The molecular formula is C13H19N3O4. The summed E-state index contributed by atoms with van der Waals surface area (Å²) in [5.74, 6) is -1.45. The summed E-state index contributed by atoms with van der Waals surface area (Å²) in [6.45, 7) is 7.06. The summed E-state index contributed by atoms with van der Waals surface area (Å²) in [6.07, 6.45) is -0.166. The Hall–Kier alpha value is -2.18. The van der Waals surface area contributed by atoms with Crippen LogP contribution in [0.1, 0.15) is 41.9 Å². The van der Waals surface area contributed by atoms with Crippen molar-refractivity contribution in [3.63, 3.8) is 0 Å². The van der Waals surface area contributed by atoms with E-state index in [1.54, 1.807) is 27.7 Å². The molecule has 1 amide bonds. The lowest BCUT2D eigenvalue weighted by Gasteiger charge is -2.27. The third-order valence-electron chi connectivity index (χ3n) is 3.29. The molecular weight excluding hydrogens is 262 g/mol. The Kier molecular flexibility index (Phi) is 5.01. The highest BCUT2D eigenvalue weighted by Gasteiger charge is 2.26. The molecule has 1 aromatic heterocycles. The largest absolute Gasteiger partial charge is 0.481 e. The number of hydrogen-bond donors (Lipinski definition) is 2. The van der Waals surface area contributed by atoms with Crippen LogP contribution >= 0.6 is 0 Å². The fourth-order valence-electron chi connectivity index (χ4n) is 2.05. The minimum absolute atomic E-state index is 0.0246. The van der Waals surface area contributed by atoms with Gasteiger partial charge in [0.2, 0.25) is 0 Å². The first kappa shape index (κ1) is 15.9. The van der Waals surface area contributed by atoms with Gasteiger partial charge < -0.3 is 10.0 Å². The third-order valence-corrected chi connectivity index (χ3v) is 3.29. The van der Waals surface area contributed by atoms with Crippen LogP contribution in [0.3, 0.4) is 0 Å². The lowest BCUT2D eigenvalue weighted by molar-refractivity contribution is -0.138. The number of aromatic nitrogens is 2. The molecule has 1 unspecified atom stereocenters. The van der Waals surface area contributed by atoms with Crippen LogP contribution in [0.2, 0.25) is 0 Å². The molecule has 1 atom stereocenters. The quantitative estimate of drug-likeness (QED) is 0.827. The predicted octanol–water partition coefficient (Wildman–Crippen LogP) is 0.712. The standard InChI is InChI=1S/C13H19N3O4/c1-5-16(7(2)6-10(17)18)13(20)11-8(3)9(4)14-15-12(11)19/h7H,5-6H2,1-4H3,(H,15,19)(H,17,18). The molecule has 7 nitrogen and oxygen atoms in total. The van der Waals surface area contributed by atoms with Gasteiger partial charge in [-0.15, -0.1) is 0 Å². The van der Waals surface area contributed by atoms with Crippen LogP contribution in [-0.4, -0.2) is 44.7 Å². The Morgan fingerprint density at radius 3 is 2.50 bits per heavy atom. The number of hydrogen-bond acceptors (Lipinski definition) is 4. The highest BCUT2D eigenvalue weighted by Crippen LogP contribution is 2.12. The monoisotopic (exact) mass is 281 g/mol. The van der Waals surface area contributed by atoms with Gasteiger partial charge in [-0.1, -0.05) is 0 Å². The second-order valence-electron chi connectivity index (χ2n) is 4.68. The molecule has 2 N–H and O–H groups in total. The Morgan fingerprint density at radius 2 is 2.00 bits per heavy atom. The van der Waals surface area contributed by atoms with Crippen molar-refractivity contribution in [3.05, 3.63) is 27.2 Å². The number of amides is 1. The number of aliphatic carboxylic acids is 1. The van der Waals surface area contributed by atoms with Crippen LogP contribution in [0, 0.1) is 13.8 Å². The summed E-state index contributed by atoms with van der Waals surface area (Å²) in [5.41, 5.74) is 0.547. The van der Waals surface area contributed by atoms with Gasteiger partial charge in [-0.3, -0.25) is 14.4 Å². The first-order valence-corrected chi connectivity index (χ1v) is 6.38. The Balaban J connectivity index is 3.19. The van der Waals surface area contributed by atoms with Crippen LogP contribution in [0.25, 0.3) is 0 Å². The van der Waals surface area contributed by atoms with Crippen LogP contribution < -0.4 is 5.56 Å². The highest BCUT2D eigenvalue weighted by molar-refractivity contribution is 5.95. The van der Waals surface area contributed by atoms with E-state index in [1.165, 1.54) is 4.90 Å². The molecule has 0 aromatic carbocycles. The van der Waals surface area contributed by atoms with Crippen molar-refractivity contribution in [2.45, 2.75) is 40.2 Å². The SMILES string of the molecule is CCN(C(=O)c1c(C)c(C)n[nH]c1=O)C(C)CC(=O)O. The summed E-state index contributed by atoms with van der Waals surface area (Å²) in [4.78, 5) is 36.4. The molecule has 0 spiro atoms. The summed E-state index contributed by atoms with van der Waals surface area (Å²) >= 11 is 0. The van der Waals surface area contributed by atoms with Crippen molar-refractivity contribution < 1.29 is 14.7 Å². The number of carbonyl (C=O) groups excluding carboxylic acids is 1. The van der Waals surface area contributed by atoms with Gasteiger partial charge in [0.15, 0.2) is 0 Å². The van der Waals surface area contributed by atoms with Crippen molar-refractivity contribution in [2.24, 2.45) is 0 Å². The molecule has 0 saturated carbocycles. The van der Waals surface area contributed by atoms with E-state index in [-0.39, 0.29) is 12.0 Å². The molecule has 1 rings (SSSR count). The molecule has 0 aliphatic heterocycles. The zero-order valence-corrected chi connectivity index (χ0v) is 12.1. The number of rotatable bonds is 5. The van der Waals surface area contributed by atoms with E-state index in [0.29, 0.717) is 17.8 Å². The Bertz CT molecular complexity index is 579. The first-order valence-electron chi connectivity index (χ1n) is 6.38. The van der Waals surface area contributed by atoms with Gasteiger partial charge in [0.1, 0.15) is 5.56 Å². The molecule has 0 bridgehead atoms. The fourth-order valence-corrected chi connectivity index (χ4v) is 2.05. The van der Waals surface area contributed by atoms with Crippen molar-refractivity contribution in [1.29, 1.82) is 0 Å². The fraction of sp³-hybridized carbons (Fsp3) is 0.538. The lowest BCUT2D eigenvalue weighted by Crippen LogP contribution is -2.42. The number of carboxylic acid groups (broad SMARTS) is 1. The van der Waals surface area contributed by atoms with Crippen molar-refractivity contribution in [1.82, 2.24) is 15.1 Å². The van der Waals surface area contributed by atoms with Gasteiger partial charge in [-0.2, -0.15) is 5.10 Å². The molecule has 1 aromatic rings. The number of H-pyrrole nitrogens is 1. The second kappa shape index (κ2) is 6.31. The first-order chi connectivity index (χ1) is 9.29. The lowest BCUT2D eigenvalue weighted by atomic mass is 10.1. The number of aromatic amines is 1. The molecule has 20 heavy (non-hydrogen) atoms. The minimum atomic E-state index is -0.986.